The van der Waals surface area contributed by atoms with Gasteiger partial charge in [0.15, 0.2) is 22.9 Å². The molecule has 0 aliphatic heterocycles. The van der Waals surface area contributed by atoms with Crippen LogP contribution in [-0.4, -0.2) is 49.1 Å². The van der Waals surface area contributed by atoms with Gasteiger partial charge in [0, 0.05) is 28.2 Å². The van der Waals surface area contributed by atoms with Gasteiger partial charge in [-0.15, -0.1) is 10.2 Å². The molecule has 8 rings (SSSR count). The Kier molecular flexibility index (Phi) is 9.00. The topological polar surface area (TPSA) is 112 Å². The third kappa shape index (κ3) is 6.78. The second-order valence-corrected chi connectivity index (χ2v) is 13.0. The minimum Gasteiger partial charge on any atom is -0.256 e. The van der Waals surface area contributed by atoms with Crippen molar-refractivity contribution in [1.29, 1.82) is 0 Å². The van der Waals surface area contributed by atoms with E-state index in [9.17, 15) is 0 Å². The van der Waals surface area contributed by atoms with Crippen molar-refractivity contribution in [3.63, 3.8) is 0 Å². The molecule has 0 saturated carbocycles. The van der Waals surface area contributed by atoms with Gasteiger partial charge in [0.25, 0.3) is 0 Å². The molecule has 0 aliphatic rings. The molecule has 0 radical (unpaired) electrons. The maximum atomic E-state index is 6.32. The van der Waals surface area contributed by atoms with E-state index in [0.717, 1.165) is 72.8 Å². The molecular formula is C37H29Cl3N10. The van der Waals surface area contributed by atoms with Crippen LogP contribution in [0.4, 0.5) is 0 Å². The number of fused-ring (bicyclic) bond motifs is 4. The van der Waals surface area contributed by atoms with Crippen LogP contribution in [-0.2, 0) is 0 Å². The standard InChI is InChI=1S/C19H16ClN5.C18H13Cl2N5/c1-11-8-14-4-5-15(22-18(14)16(20)9-11)6-7-17-23-19-13(3)21-10-12(2)25(19)24-17;1-10-9-21-11(2)18-23-17(24-25(10)18)6-4-13-3-5-14-15(20)7-12(19)8-16(14)22-13/h4-10H,1-3H3;3-9H,1-2H3. The lowest BCUT2D eigenvalue weighted by Gasteiger charge is -2.03. The zero-order valence-electron chi connectivity index (χ0n) is 27.7. The molecule has 0 bridgehead atoms. The summed E-state index contributed by atoms with van der Waals surface area (Å²) < 4.78 is 3.59. The maximum Gasteiger partial charge on any atom is 0.177 e. The molecule has 0 N–H and O–H groups in total. The van der Waals surface area contributed by atoms with Crippen molar-refractivity contribution in [3.05, 3.63) is 127 Å². The number of halogens is 3. The second kappa shape index (κ2) is 13.5. The number of nitrogens with zero attached hydrogens (tertiary/aromatic N) is 10. The first-order valence-corrected chi connectivity index (χ1v) is 16.7. The predicted molar refractivity (Wildman–Crippen MR) is 202 cm³/mol. The minimum atomic E-state index is 0.562. The molecule has 6 aromatic heterocycles. The summed E-state index contributed by atoms with van der Waals surface area (Å²) in [5.74, 6) is 1.22. The summed E-state index contributed by atoms with van der Waals surface area (Å²) in [4.78, 5) is 26.9. The van der Waals surface area contributed by atoms with Gasteiger partial charge >= 0.3 is 0 Å². The van der Waals surface area contributed by atoms with Crippen LogP contribution in [0, 0.1) is 34.6 Å². The summed E-state index contributed by atoms with van der Waals surface area (Å²) in [6.45, 7) is 9.75. The van der Waals surface area contributed by atoms with E-state index in [1.165, 1.54) is 0 Å². The zero-order valence-corrected chi connectivity index (χ0v) is 30.0. The molecule has 0 aliphatic carbocycles. The van der Waals surface area contributed by atoms with Gasteiger partial charge in [-0.25, -0.2) is 29.0 Å². The molecule has 8 aromatic rings. The third-order valence-electron chi connectivity index (χ3n) is 7.91. The first kappa shape index (κ1) is 33.2. The molecule has 0 spiro atoms. The number of hydrogen-bond acceptors (Lipinski definition) is 8. The Morgan fingerprint density at radius 1 is 0.580 bits per heavy atom. The van der Waals surface area contributed by atoms with Crippen LogP contribution < -0.4 is 0 Å². The summed E-state index contributed by atoms with van der Waals surface area (Å²) in [6, 6.07) is 15.3. The molecule has 6 heterocycles. The molecule has 0 atom stereocenters. The fourth-order valence-electron chi connectivity index (χ4n) is 5.39. The van der Waals surface area contributed by atoms with Crippen LogP contribution in [0.5, 0.6) is 0 Å². The monoisotopic (exact) mass is 718 g/mol. The number of hydrogen-bond donors (Lipinski definition) is 0. The van der Waals surface area contributed by atoms with Crippen molar-refractivity contribution < 1.29 is 0 Å². The Morgan fingerprint density at radius 3 is 1.76 bits per heavy atom. The van der Waals surface area contributed by atoms with Crippen molar-refractivity contribution in [1.82, 2.24) is 49.1 Å². The smallest absolute Gasteiger partial charge is 0.177 e. The highest BCUT2D eigenvalue weighted by Crippen LogP contribution is 2.27. The van der Waals surface area contributed by atoms with E-state index in [2.05, 4.69) is 46.2 Å². The number of pyridine rings is 2. The number of aromatic nitrogens is 10. The molecule has 0 fully saturated rings. The zero-order chi connectivity index (χ0) is 35.1. The van der Waals surface area contributed by atoms with E-state index in [0.29, 0.717) is 26.7 Å². The number of aryl methyl sites for hydroxylation is 5. The fraction of sp³-hybridized carbons (Fsp3) is 0.135. The molecule has 0 unspecified atom stereocenters. The van der Waals surface area contributed by atoms with Crippen LogP contribution in [0.15, 0.2) is 60.9 Å². The van der Waals surface area contributed by atoms with Crippen LogP contribution in [0.25, 0.3) is 57.4 Å². The van der Waals surface area contributed by atoms with Crippen molar-refractivity contribution >= 4 is 92.2 Å². The van der Waals surface area contributed by atoms with Crippen LogP contribution in [0.2, 0.25) is 15.1 Å². The maximum absolute atomic E-state index is 6.32. The van der Waals surface area contributed by atoms with Gasteiger partial charge in [-0.2, -0.15) is 0 Å². The molecular weight excluding hydrogens is 691 g/mol. The van der Waals surface area contributed by atoms with E-state index in [-0.39, 0.29) is 0 Å². The highest BCUT2D eigenvalue weighted by atomic mass is 35.5. The lowest BCUT2D eigenvalue weighted by Crippen LogP contribution is -1.97. The number of rotatable bonds is 4. The van der Waals surface area contributed by atoms with E-state index in [4.69, 9.17) is 34.8 Å². The quantitative estimate of drug-likeness (QED) is 0.177. The Labute approximate surface area is 302 Å². The van der Waals surface area contributed by atoms with E-state index < -0.39 is 0 Å². The second-order valence-electron chi connectivity index (χ2n) is 11.8. The molecule has 248 valence electrons. The Bertz CT molecular complexity index is 2580. The number of benzene rings is 2. The summed E-state index contributed by atoms with van der Waals surface area (Å²) >= 11 is 18.6. The molecule has 10 nitrogen and oxygen atoms in total. The third-order valence-corrected chi connectivity index (χ3v) is 8.73. The van der Waals surface area contributed by atoms with Crippen LogP contribution in [0.1, 0.15) is 51.4 Å². The minimum absolute atomic E-state index is 0.562. The van der Waals surface area contributed by atoms with Crippen LogP contribution >= 0.6 is 34.8 Å². The Hall–Kier alpha value is -5.29. The predicted octanol–water partition coefficient (Wildman–Crippen LogP) is 9.19. The van der Waals surface area contributed by atoms with Gasteiger partial charge in [-0.1, -0.05) is 40.9 Å². The summed E-state index contributed by atoms with van der Waals surface area (Å²) in [7, 11) is 0. The van der Waals surface area contributed by atoms with E-state index in [1.54, 1.807) is 33.6 Å². The van der Waals surface area contributed by atoms with Gasteiger partial charge in [-0.05, 0) is 107 Å². The van der Waals surface area contributed by atoms with Crippen LogP contribution in [0.3, 0.4) is 0 Å². The first-order valence-electron chi connectivity index (χ1n) is 15.6. The Balaban J connectivity index is 0.000000157. The average Bonchev–Trinajstić information content (AvgIpc) is 3.73. The molecule has 13 heteroatoms. The lowest BCUT2D eigenvalue weighted by atomic mass is 10.1. The highest BCUT2D eigenvalue weighted by molar-refractivity contribution is 6.38. The van der Waals surface area contributed by atoms with Crippen molar-refractivity contribution in [3.8, 4) is 0 Å². The highest BCUT2D eigenvalue weighted by Gasteiger charge is 2.09. The van der Waals surface area contributed by atoms with Gasteiger partial charge in [-0.3, -0.25) is 9.97 Å². The fourth-order valence-corrected chi connectivity index (χ4v) is 6.26. The summed E-state index contributed by atoms with van der Waals surface area (Å²) in [6.07, 6.45) is 11.0. The van der Waals surface area contributed by atoms with Gasteiger partial charge < -0.3 is 0 Å². The van der Waals surface area contributed by atoms with Gasteiger partial charge in [0.1, 0.15) is 0 Å². The molecule has 0 saturated heterocycles. The molecule has 0 amide bonds. The van der Waals surface area contributed by atoms with Crippen molar-refractivity contribution in [2.45, 2.75) is 34.6 Å². The summed E-state index contributed by atoms with van der Waals surface area (Å²) in [5.41, 5.74) is 9.34. The Morgan fingerprint density at radius 2 is 1.16 bits per heavy atom. The first-order chi connectivity index (χ1) is 24.0. The SMILES string of the molecule is Cc1cc(Cl)c2nc(C=Cc3nc4c(C)ncc(C)n4n3)ccc2c1.Cc1ncc(C)n2nc(C=Cc3ccc4c(Cl)cc(Cl)cc4n3)nc12. The molecule has 50 heavy (non-hydrogen) atoms. The van der Waals surface area contributed by atoms with Gasteiger partial charge in [0.2, 0.25) is 0 Å². The summed E-state index contributed by atoms with van der Waals surface area (Å²) in [5, 5.41) is 12.7. The van der Waals surface area contributed by atoms with Crippen molar-refractivity contribution in [2.24, 2.45) is 0 Å². The largest absolute Gasteiger partial charge is 0.256 e. The molecule has 2 aromatic carbocycles. The normalized spacial score (nSPS) is 11.8. The van der Waals surface area contributed by atoms with Gasteiger partial charge in [0.05, 0.1) is 55.2 Å². The average molecular weight is 720 g/mol. The van der Waals surface area contributed by atoms with E-state index in [1.807, 2.05) is 89.3 Å². The van der Waals surface area contributed by atoms with Crippen molar-refractivity contribution in [2.75, 3.05) is 0 Å². The van der Waals surface area contributed by atoms with E-state index >= 15 is 0 Å². The lowest BCUT2D eigenvalue weighted by molar-refractivity contribution is 0.884.